The zero-order valence-corrected chi connectivity index (χ0v) is 20.6. The molecule has 0 spiro atoms. The average Bonchev–Trinajstić information content (AvgIpc) is 3.38. The lowest BCUT2D eigenvalue weighted by Gasteiger charge is -2.14. The van der Waals surface area contributed by atoms with Crippen LogP contribution in [0.15, 0.2) is 42.0 Å². The summed E-state index contributed by atoms with van der Waals surface area (Å²) in [7, 11) is -3.13. The van der Waals surface area contributed by atoms with E-state index < -0.39 is 9.84 Å². The minimum atomic E-state index is -3.13. The fourth-order valence-electron chi connectivity index (χ4n) is 5.05. The summed E-state index contributed by atoms with van der Waals surface area (Å²) in [5.41, 5.74) is 4.11. The third-order valence-electron chi connectivity index (χ3n) is 6.89. The average molecular weight is 497 g/mol. The number of hydrogen-bond acceptors (Lipinski definition) is 5. The number of nitrogens with one attached hydrogen (secondary N) is 1. The standard InChI is InChI=1S/C26H29FN4O3S/c1-17-24-22(26(32)28-13-11-18-5-3-2-4-6-18)15-23(19-7-9-20(27)10-8-19)29-25(24)31(30-17)21-12-14-35(33,34)16-21/h5,7-10,15,21H,2-4,6,11-14,16H2,1H3,(H,28,32). The summed E-state index contributed by atoms with van der Waals surface area (Å²) in [6.07, 6.45) is 8.16. The zero-order chi connectivity index (χ0) is 24.6. The molecule has 1 aromatic carbocycles. The second-order valence-corrected chi connectivity index (χ2v) is 11.7. The van der Waals surface area contributed by atoms with Crippen LogP contribution in [0.5, 0.6) is 0 Å². The van der Waals surface area contributed by atoms with Crippen LogP contribution in [0.25, 0.3) is 22.3 Å². The Balaban J connectivity index is 1.54. The van der Waals surface area contributed by atoms with Crippen LogP contribution in [0.3, 0.4) is 0 Å². The van der Waals surface area contributed by atoms with E-state index in [9.17, 15) is 17.6 Å². The van der Waals surface area contributed by atoms with Gasteiger partial charge in [-0.25, -0.2) is 22.5 Å². The maximum atomic E-state index is 13.5. The molecule has 1 aliphatic heterocycles. The number of nitrogens with zero attached hydrogens (tertiary/aromatic N) is 3. The molecule has 7 nitrogen and oxygen atoms in total. The molecule has 1 aliphatic carbocycles. The number of aryl methyl sites for hydroxylation is 1. The van der Waals surface area contributed by atoms with Crippen molar-refractivity contribution in [3.63, 3.8) is 0 Å². The van der Waals surface area contributed by atoms with Crippen LogP contribution >= 0.6 is 0 Å². The van der Waals surface area contributed by atoms with Crippen molar-refractivity contribution in [2.45, 2.75) is 51.5 Å². The lowest BCUT2D eigenvalue weighted by atomic mass is 9.97. The van der Waals surface area contributed by atoms with Crippen molar-refractivity contribution in [1.29, 1.82) is 0 Å². The number of rotatable bonds is 6. The first-order chi connectivity index (χ1) is 16.8. The normalized spacial score (nSPS) is 19.6. The number of halogens is 1. The Bertz CT molecular complexity index is 1410. The van der Waals surface area contributed by atoms with Crippen molar-refractivity contribution in [2.75, 3.05) is 18.1 Å². The van der Waals surface area contributed by atoms with Crippen LogP contribution in [-0.4, -0.2) is 47.1 Å². The molecule has 0 saturated carbocycles. The number of aromatic nitrogens is 3. The van der Waals surface area contributed by atoms with Gasteiger partial charge >= 0.3 is 0 Å². The van der Waals surface area contributed by atoms with Crippen molar-refractivity contribution >= 4 is 26.8 Å². The summed E-state index contributed by atoms with van der Waals surface area (Å²) in [6, 6.07) is 7.33. The van der Waals surface area contributed by atoms with Crippen molar-refractivity contribution in [1.82, 2.24) is 20.1 Å². The predicted molar refractivity (Wildman–Crippen MR) is 133 cm³/mol. The molecule has 3 heterocycles. The maximum absolute atomic E-state index is 13.5. The first-order valence-electron chi connectivity index (χ1n) is 12.1. The smallest absolute Gasteiger partial charge is 0.252 e. The number of allylic oxidation sites excluding steroid dienone is 1. The van der Waals surface area contributed by atoms with E-state index in [0.29, 0.717) is 46.5 Å². The van der Waals surface area contributed by atoms with E-state index >= 15 is 0 Å². The maximum Gasteiger partial charge on any atom is 0.252 e. The van der Waals surface area contributed by atoms with Crippen LogP contribution in [0.2, 0.25) is 0 Å². The quantitative estimate of drug-likeness (QED) is 0.506. The first kappa shape index (κ1) is 23.7. The summed E-state index contributed by atoms with van der Waals surface area (Å²) < 4.78 is 39.5. The van der Waals surface area contributed by atoms with Crippen molar-refractivity contribution in [3.8, 4) is 11.3 Å². The Morgan fingerprint density at radius 2 is 2.03 bits per heavy atom. The van der Waals surface area contributed by atoms with E-state index in [2.05, 4.69) is 16.5 Å². The SMILES string of the molecule is Cc1nn(C2CCS(=O)(=O)C2)c2nc(-c3ccc(F)cc3)cc(C(=O)NCCC3=CCCCC3)c12. The highest BCUT2D eigenvalue weighted by Gasteiger charge is 2.32. The molecule has 1 unspecified atom stereocenters. The number of carbonyl (C=O) groups excluding carboxylic acids is 1. The Kier molecular flexibility index (Phi) is 6.44. The van der Waals surface area contributed by atoms with Gasteiger partial charge in [0, 0.05) is 12.1 Å². The molecule has 1 saturated heterocycles. The molecule has 1 atom stereocenters. The molecule has 3 aromatic rings. The van der Waals surface area contributed by atoms with Crippen molar-refractivity contribution in [3.05, 3.63) is 59.1 Å². The number of sulfone groups is 1. The third kappa shape index (κ3) is 5.00. The second kappa shape index (κ2) is 9.53. The second-order valence-electron chi connectivity index (χ2n) is 9.46. The Morgan fingerprint density at radius 3 is 2.71 bits per heavy atom. The van der Waals surface area contributed by atoms with E-state index in [1.54, 1.807) is 22.9 Å². The van der Waals surface area contributed by atoms with Gasteiger partial charge in [-0.15, -0.1) is 0 Å². The van der Waals surface area contributed by atoms with Crippen LogP contribution in [0.4, 0.5) is 4.39 Å². The van der Waals surface area contributed by atoms with Gasteiger partial charge in [0.15, 0.2) is 15.5 Å². The highest BCUT2D eigenvalue weighted by Crippen LogP contribution is 2.32. The van der Waals surface area contributed by atoms with Gasteiger partial charge in [0.05, 0.1) is 39.9 Å². The minimum absolute atomic E-state index is 0.00230. The van der Waals surface area contributed by atoms with E-state index in [0.717, 1.165) is 19.3 Å². The van der Waals surface area contributed by atoms with Gasteiger partial charge in [-0.2, -0.15) is 5.10 Å². The van der Waals surface area contributed by atoms with Gasteiger partial charge in [0.25, 0.3) is 5.91 Å². The molecule has 1 amide bonds. The Hall–Kier alpha value is -3.07. The molecule has 1 N–H and O–H groups in total. The fraction of sp³-hybridized carbons (Fsp3) is 0.423. The van der Waals surface area contributed by atoms with Gasteiger partial charge < -0.3 is 5.32 Å². The number of amides is 1. The molecule has 35 heavy (non-hydrogen) atoms. The van der Waals surface area contributed by atoms with Crippen LogP contribution in [-0.2, 0) is 9.84 Å². The van der Waals surface area contributed by atoms with Crippen LogP contribution in [0, 0.1) is 12.7 Å². The molecule has 5 rings (SSSR count). The lowest BCUT2D eigenvalue weighted by Crippen LogP contribution is -2.25. The largest absolute Gasteiger partial charge is 0.352 e. The molecule has 184 valence electrons. The van der Waals surface area contributed by atoms with Crippen LogP contribution in [0.1, 0.15) is 60.6 Å². The van der Waals surface area contributed by atoms with Gasteiger partial charge in [0.2, 0.25) is 0 Å². The van der Waals surface area contributed by atoms with Crippen molar-refractivity contribution in [2.24, 2.45) is 0 Å². The summed E-state index contributed by atoms with van der Waals surface area (Å²) >= 11 is 0. The molecule has 0 bridgehead atoms. The summed E-state index contributed by atoms with van der Waals surface area (Å²) in [4.78, 5) is 18.2. The van der Waals surface area contributed by atoms with E-state index in [-0.39, 0.29) is 29.3 Å². The lowest BCUT2D eigenvalue weighted by molar-refractivity contribution is 0.0955. The highest BCUT2D eigenvalue weighted by molar-refractivity contribution is 7.91. The monoisotopic (exact) mass is 496 g/mol. The highest BCUT2D eigenvalue weighted by atomic mass is 32.2. The molecular formula is C26H29FN4O3S. The number of pyridine rings is 1. The Morgan fingerprint density at radius 1 is 1.23 bits per heavy atom. The van der Waals surface area contributed by atoms with Gasteiger partial charge in [-0.05, 0) is 75.8 Å². The Labute approximate surface area is 204 Å². The topological polar surface area (TPSA) is 93.9 Å². The summed E-state index contributed by atoms with van der Waals surface area (Å²) in [6.45, 7) is 2.35. The number of carbonyl (C=O) groups is 1. The van der Waals surface area contributed by atoms with E-state index in [1.165, 1.54) is 30.5 Å². The summed E-state index contributed by atoms with van der Waals surface area (Å²) in [5.74, 6) is -0.470. The zero-order valence-electron chi connectivity index (χ0n) is 19.8. The predicted octanol–water partition coefficient (Wildman–Crippen LogP) is 4.53. The summed E-state index contributed by atoms with van der Waals surface area (Å²) in [5, 5.41) is 8.29. The van der Waals surface area contributed by atoms with Crippen molar-refractivity contribution < 1.29 is 17.6 Å². The van der Waals surface area contributed by atoms with Gasteiger partial charge in [-0.3, -0.25) is 4.79 Å². The number of fused-ring (bicyclic) bond motifs is 1. The van der Waals surface area contributed by atoms with Gasteiger partial charge in [-0.1, -0.05) is 11.6 Å². The molecule has 2 aromatic heterocycles. The molecule has 2 aliphatic rings. The molecular weight excluding hydrogens is 467 g/mol. The minimum Gasteiger partial charge on any atom is -0.352 e. The first-order valence-corrected chi connectivity index (χ1v) is 14.0. The number of hydrogen-bond donors (Lipinski definition) is 1. The van der Waals surface area contributed by atoms with E-state index in [4.69, 9.17) is 4.98 Å². The van der Waals surface area contributed by atoms with E-state index in [1.807, 2.05) is 6.92 Å². The van der Waals surface area contributed by atoms with Crippen LogP contribution < -0.4 is 5.32 Å². The molecule has 0 radical (unpaired) electrons. The molecule has 9 heteroatoms. The third-order valence-corrected chi connectivity index (χ3v) is 8.64. The number of benzene rings is 1. The van der Waals surface area contributed by atoms with Gasteiger partial charge in [0.1, 0.15) is 5.82 Å². The molecule has 1 fully saturated rings. The fourth-order valence-corrected chi connectivity index (χ4v) is 6.74.